The van der Waals surface area contributed by atoms with Crippen LogP contribution in [0.25, 0.3) is 0 Å². The third-order valence-corrected chi connectivity index (χ3v) is 3.50. The van der Waals surface area contributed by atoms with Crippen LogP contribution in [0.15, 0.2) is 35.8 Å². The van der Waals surface area contributed by atoms with Gasteiger partial charge in [0.05, 0.1) is 5.01 Å². The second kappa shape index (κ2) is 6.81. The monoisotopic (exact) mass is 289 g/mol. The smallest absolute Gasteiger partial charge is 0.319 e. The molecule has 5 nitrogen and oxygen atoms in total. The third-order valence-electron chi connectivity index (χ3n) is 2.66. The first-order valence-electron chi connectivity index (χ1n) is 6.19. The minimum absolute atomic E-state index is 0.00412. The van der Waals surface area contributed by atoms with Crippen LogP contribution in [0.5, 0.6) is 0 Å². The molecule has 2 N–H and O–H groups in total. The molecule has 0 spiro atoms. The zero-order chi connectivity index (χ0) is 14.4. The number of amides is 2. The van der Waals surface area contributed by atoms with E-state index in [-0.39, 0.29) is 11.8 Å². The number of carbonyl (C=O) groups is 2. The molecule has 0 aliphatic carbocycles. The van der Waals surface area contributed by atoms with E-state index in [4.69, 9.17) is 0 Å². The van der Waals surface area contributed by atoms with Gasteiger partial charge < -0.3 is 10.6 Å². The highest BCUT2D eigenvalue weighted by molar-refractivity contribution is 7.09. The highest BCUT2D eigenvalue weighted by atomic mass is 32.1. The van der Waals surface area contributed by atoms with Crippen LogP contribution in [-0.2, 0) is 6.42 Å². The Balaban J connectivity index is 1.77. The average molecular weight is 289 g/mol. The van der Waals surface area contributed by atoms with E-state index < -0.39 is 0 Å². The average Bonchev–Trinajstić information content (AvgIpc) is 2.92. The SMILES string of the molecule is CC(=O)c1ccc(NC(=O)NCCc2nccs2)cc1. The molecule has 2 aromatic rings. The molecule has 0 aliphatic heterocycles. The Morgan fingerprint density at radius 2 is 2.00 bits per heavy atom. The molecule has 1 heterocycles. The second-order valence-electron chi connectivity index (χ2n) is 4.19. The summed E-state index contributed by atoms with van der Waals surface area (Å²) in [5.74, 6) is 0.00412. The molecule has 2 rings (SSSR count). The number of hydrogen-bond acceptors (Lipinski definition) is 4. The first-order chi connectivity index (χ1) is 9.65. The number of carbonyl (C=O) groups excluding carboxylic acids is 2. The Labute approximate surface area is 121 Å². The molecule has 0 saturated heterocycles. The van der Waals surface area contributed by atoms with Crippen LogP contribution in [-0.4, -0.2) is 23.3 Å². The van der Waals surface area contributed by atoms with Crippen molar-refractivity contribution < 1.29 is 9.59 Å². The molecule has 0 fully saturated rings. The molecule has 0 saturated carbocycles. The number of Topliss-reactive ketones (excluding diaryl/α,β-unsaturated/α-hetero) is 1. The molecule has 0 radical (unpaired) electrons. The van der Waals surface area contributed by atoms with Crippen LogP contribution in [0.3, 0.4) is 0 Å². The quantitative estimate of drug-likeness (QED) is 0.831. The van der Waals surface area contributed by atoms with E-state index in [2.05, 4.69) is 15.6 Å². The third kappa shape index (κ3) is 4.17. The van der Waals surface area contributed by atoms with Crippen molar-refractivity contribution in [1.29, 1.82) is 0 Å². The fourth-order valence-corrected chi connectivity index (χ4v) is 2.24. The van der Waals surface area contributed by atoms with Crippen molar-refractivity contribution in [3.63, 3.8) is 0 Å². The van der Waals surface area contributed by atoms with E-state index >= 15 is 0 Å². The first-order valence-corrected chi connectivity index (χ1v) is 7.07. The molecule has 0 atom stereocenters. The molecule has 104 valence electrons. The van der Waals surface area contributed by atoms with Gasteiger partial charge in [-0.25, -0.2) is 9.78 Å². The van der Waals surface area contributed by atoms with Gasteiger partial charge in [-0.2, -0.15) is 0 Å². The van der Waals surface area contributed by atoms with Gasteiger partial charge in [-0.15, -0.1) is 11.3 Å². The molecular weight excluding hydrogens is 274 g/mol. The Hall–Kier alpha value is -2.21. The largest absolute Gasteiger partial charge is 0.337 e. The number of thiazole rings is 1. The Bertz CT molecular complexity index is 579. The predicted octanol–water partition coefficient (Wildman–Crippen LogP) is 2.71. The van der Waals surface area contributed by atoms with Crippen molar-refractivity contribution in [2.24, 2.45) is 0 Å². The van der Waals surface area contributed by atoms with E-state index in [1.807, 2.05) is 5.38 Å². The number of rotatable bonds is 5. The molecule has 1 aromatic carbocycles. The maximum atomic E-state index is 11.7. The Morgan fingerprint density at radius 3 is 2.60 bits per heavy atom. The molecule has 0 unspecified atom stereocenters. The zero-order valence-electron chi connectivity index (χ0n) is 11.1. The lowest BCUT2D eigenvalue weighted by molar-refractivity contribution is 0.101. The lowest BCUT2D eigenvalue weighted by Crippen LogP contribution is -2.30. The first kappa shape index (κ1) is 14.2. The topological polar surface area (TPSA) is 71.1 Å². The lowest BCUT2D eigenvalue weighted by Gasteiger charge is -2.07. The summed E-state index contributed by atoms with van der Waals surface area (Å²) in [6, 6.07) is 6.52. The summed E-state index contributed by atoms with van der Waals surface area (Å²) in [6.45, 7) is 2.04. The maximum absolute atomic E-state index is 11.7. The van der Waals surface area contributed by atoms with E-state index in [1.54, 1.807) is 41.8 Å². The number of hydrogen-bond donors (Lipinski definition) is 2. The van der Waals surface area contributed by atoms with Gasteiger partial charge in [-0.05, 0) is 31.2 Å². The van der Waals surface area contributed by atoms with E-state index in [0.717, 1.165) is 5.01 Å². The summed E-state index contributed by atoms with van der Waals surface area (Å²) >= 11 is 1.57. The summed E-state index contributed by atoms with van der Waals surface area (Å²) < 4.78 is 0. The fourth-order valence-electron chi connectivity index (χ4n) is 1.62. The van der Waals surface area contributed by atoms with Gasteiger partial charge in [0, 0.05) is 35.8 Å². The molecule has 20 heavy (non-hydrogen) atoms. The Kier molecular flexibility index (Phi) is 4.84. The number of benzene rings is 1. The maximum Gasteiger partial charge on any atom is 0.319 e. The van der Waals surface area contributed by atoms with Gasteiger partial charge in [-0.1, -0.05) is 0 Å². The summed E-state index contributed by atoms with van der Waals surface area (Å²) in [4.78, 5) is 26.9. The van der Waals surface area contributed by atoms with Gasteiger partial charge >= 0.3 is 6.03 Å². The van der Waals surface area contributed by atoms with Gasteiger partial charge in [-0.3, -0.25) is 4.79 Å². The highest BCUT2D eigenvalue weighted by Gasteiger charge is 2.03. The standard InChI is InChI=1S/C14H15N3O2S/c1-10(18)11-2-4-12(5-3-11)17-14(19)16-7-6-13-15-8-9-20-13/h2-5,8-9H,6-7H2,1H3,(H2,16,17,19). The van der Waals surface area contributed by atoms with Gasteiger partial charge in [0.15, 0.2) is 5.78 Å². The summed E-state index contributed by atoms with van der Waals surface area (Å²) in [5.41, 5.74) is 1.28. The normalized spacial score (nSPS) is 10.1. The number of nitrogens with zero attached hydrogens (tertiary/aromatic N) is 1. The van der Waals surface area contributed by atoms with Crippen molar-refractivity contribution in [2.75, 3.05) is 11.9 Å². The van der Waals surface area contributed by atoms with Crippen LogP contribution in [0, 0.1) is 0 Å². The number of nitrogens with one attached hydrogen (secondary N) is 2. The van der Waals surface area contributed by atoms with Crippen molar-refractivity contribution >= 4 is 28.8 Å². The summed E-state index contributed by atoms with van der Waals surface area (Å²) in [7, 11) is 0. The Morgan fingerprint density at radius 1 is 1.25 bits per heavy atom. The van der Waals surface area contributed by atoms with Crippen LogP contribution in [0.4, 0.5) is 10.5 Å². The molecule has 0 bridgehead atoms. The van der Waals surface area contributed by atoms with E-state index in [9.17, 15) is 9.59 Å². The number of ketones is 1. The van der Waals surface area contributed by atoms with Gasteiger partial charge in [0.2, 0.25) is 0 Å². The minimum Gasteiger partial charge on any atom is -0.337 e. The van der Waals surface area contributed by atoms with Crippen LogP contribution < -0.4 is 10.6 Å². The summed E-state index contributed by atoms with van der Waals surface area (Å²) in [5, 5.41) is 8.37. The molecule has 1 aromatic heterocycles. The van der Waals surface area contributed by atoms with Crippen molar-refractivity contribution in [3.8, 4) is 0 Å². The highest BCUT2D eigenvalue weighted by Crippen LogP contribution is 2.09. The van der Waals surface area contributed by atoms with Gasteiger partial charge in [0.25, 0.3) is 0 Å². The molecule has 2 amide bonds. The second-order valence-corrected chi connectivity index (χ2v) is 5.17. The summed E-state index contributed by atoms with van der Waals surface area (Å²) in [6.07, 6.45) is 2.46. The number of urea groups is 1. The fraction of sp³-hybridized carbons (Fsp3) is 0.214. The number of aromatic nitrogens is 1. The number of anilines is 1. The molecular formula is C14H15N3O2S. The van der Waals surface area contributed by atoms with Crippen molar-refractivity contribution in [3.05, 3.63) is 46.4 Å². The van der Waals surface area contributed by atoms with E-state index in [1.165, 1.54) is 6.92 Å². The molecule has 6 heteroatoms. The van der Waals surface area contributed by atoms with Crippen molar-refractivity contribution in [1.82, 2.24) is 10.3 Å². The predicted molar refractivity (Wildman–Crippen MR) is 79.3 cm³/mol. The van der Waals surface area contributed by atoms with Crippen LogP contribution >= 0.6 is 11.3 Å². The lowest BCUT2D eigenvalue weighted by atomic mass is 10.1. The van der Waals surface area contributed by atoms with Crippen molar-refractivity contribution in [2.45, 2.75) is 13.3 Å². The van der Waals surface area contributed by atoms with Gasteiger partial charge in [0.1, 0.15) is 0 Å². The minimum atomic E-state index is -0.267. The van der Waals surface area contributed by atoms with E-state index in [0.29, 0.717) is 24.2 Å². The van der Waals surface area contributed by atoms with Crippen LogP contribution in [0.2, 0.25) is 0 Å². The zero-order valence-corrected chi connectivity index (χ0v) is 11.9. The molecule has 0 aliphatic rings. The van der Waals surface area contributed by atoms with Crippen LogP contribution in [0.1, 0.15) is 22.3 Å².